The minimum Gasteiger partial charge on any atom is -0.381 e. The molecule has 0 radical (unpaired) electrons. The number of hydrogen-bond donors (Lipinski definition) is 6. The Bertz CT molecular complexity index is 1250. The number of aliphatic imine (C=N–C) groups is 1. The zero-order valence-corrected chi connectivity index (χ0v) is 29.5. The monoisotopic (exact) mass is 671 g/mol. The molecule has 2 aliphatic heterocycles. The van der Waals surface area contributed by atoms with Crippen molar-refractivity contribution in [3.63, 3.8) is 0 Å². The Morgan fingerprint density at radius 2 is 1.69 bits per heavy atom. The smallest absolute Gasteiger partial charge is 0.268 e. The predicted octanol–water partition coefficient (Wildman–Crippen LogP) is 1.65. The molecule has 2 heterocycles. The van der Waals surface area contributed by atoms with Gasteiger partial charge in [0.05, 0.1) is 12.1 Å². The summed E-state index contributed by atoms with van der Waals surface area (Å²) < 4.78 is 0. The number of hydrogen-bond acceptors (Lipinski definition) is 8. The van der Waals surface area contributed by atoms with Crippen molar-refractivity contribution in [3.05, 3.63) is 12.4 Å². The van der Waals surface area contributed by atoms with E-state index < -0.39 is 59.3 Å². The summed E-state index contributed by atoms with van der Waals surface area (Å²) in [4.78, 5) is 74.0. The van der Waals surface area contributed by atoms with Crippen molar-refractivity contribution in [1.29, 1.82) is 0 Å². The van der Waals surface area contributed by atoms with Crippen molar-refractivity contribution in [2.75, 3.05) is 6.54 Å². The topological polar surface area (TPSA) is 181 Å². The van der Waals surface area contributed by atoms with E-state index in [-0.39, 0.29) is 35.5 Å². The standard InChI is InChI=1S/C35H57N7O6/c1-7-11-24(28(43)33(47)38-23-14-15-23)39-30(44)25-18-20(2)19-42(25)34(48)29(35(4,5)6)41-32(46)27(22-12-9-8-10-13-22)40-31(45)26-21(3)36-16-17-37-26/h16-17,20-25,27-29,36,43H,7-15,18-19H2,1-6H3,(H,38,47)(H,39,44)(H,40,45)(H,41,46)/t20-,21?,24+,25+,27+,28?,29-/m1/s1. The summed E-state index contributed by atoms with van der Waals surface area (Å²) >= 11 is 0. The van der Waals surface area contributed by atoms with E-state index in [1.54, 1.807) is 6.20 Å². The number of nitrogens with one attached hydrogen (secondary N) is 5. The summed E-state index contributed by atoms with van der Waals surface area (Å²) in [6, 6.07) is -3.71. The maximum atomic E-state index is 14.4. The van der Waals surface area contributed by atoms with Crippen molar-refractivity contribution in [2.24, 2.45) is 22.2 Å². The fraction of sp³-hybridized carbons (Fsp3) is 0.771. The Morgan fingerprint density at radius 1 is 1.00 bits per heavy atom. The van der Waals surface area contributed by atoms with Gasteiger partial charge in [-0.1, -0.05) is 60.3 Å². The van der Waals surface area contributed by atoms with Gasteiger partial charge in [-0.25, -0.2) is 0 Å². The van der Waals surface area contributed by atoms with Crippen LogP contribution in [0, 0.1) is 17.3 Å². The van der Waals surface area contributed by atoms with Crippen LogP contribution in [0.15, 0.2) is 17.4 Å². The van der Waals surface area contributed by atoms with E-state index in [0.29, 0.717) is 25.8 Å². The number of nitrogens with zero attached hydrogens (tertiary/aromatic N) is 2. The molecule has 4 aliphatic rings. The maximum Gasteiger partial charge on any atom is 0.268 e. The van der Waals surface area contributed by atoms with Crippen LogP contribution in [0.3, 0.4) is 0 Å². The van der Waals surface area contributed by atoms with Gasteiger partial charge < -0.3 is 36.6 Å². The normalized spacial score (nSPS) is 25.5. The van der Waals surface area contributed by atoms with Gasteiger partial charge in [-0.3, -0.25) is 29.0 Å². The quantitative estimate of drug-likeness (QED) is 0.172. The molecule has 0 aromatic rings. The van der Waals surface area contributed by atoms with Crippen molar-refractivity contribution in [2.45, 2.75) is 148 Å². The Labute approximate surface area is 284 Å². The van der Waals surface area contributed by atoms with Gasteiger partial charge in [-0.05, 0) is 62.7 Å². The largest absolute Gasteiger partial charge is 0.381 e. The van der Waals surface area contributed by atoms with Gasteiger partial charge in [0, 0.05) is 25.0 Å². The predicted molar refractivity (Wildman–Crippen MR) is 182 cm³/mol. The molecule has 0 aromatic heterocycles. The van der Waals surface area contributed by atoms with Crippen LogP contribution in [0.5, 0.6) is 0 Å². The summed E-state index contributed by atoms with van der Waals surface area (Å²) in [5.41, 5.74) is -0.440. The van der Waals surface area contributed by atoms with Crippen LogP contribution >= 0.6 is 0 Å². The zero-order chi connectivity index (χ0) is 35.2. The highest BCUT2D eigenvalue weighted by molar-refractivity contribution is 6.41. The third-order valence-electron chi connectivity index (χ3n) is 9.96. The fourth-order valence-corrected chi connectivity index (χ4v) is 7.01. The van der Waals surface area contributed by atoms with Crippen LogP contribution in [0.25, 0.3) is 0 Å². The SMILES string of the molecule is CCC[C@H](NC(=O)[C@@H]1C[C@@H](C)CN1C(=O)[C@@H](NC(=O)[C@@H](NC(=O)C1=NC=CNC1C)C1CCCCC1)C(C)(C)C)C(O)C(=O)NC1CC1. The number of aliphatic hydroxyl groups is 1. The molecule has 5 amide bonds. The lowest BCUT2D eigenvalue weighted by Gasteiger charge is -2.38. The lowest BCUT2D eigenvalue weighted by Crippen LogP contribution is -2.62. The Balaban J connectivity index is 1.51. The molecule has 0 spiro atoms. The van der Waals surface area contributed by atoms with Gasteiger partial charge in [0.1, 0.15) is 23.8 Å². The molecule has 0 bridgehead atoms. The Morgan fingerprint density at radius 3 is 2.29 bits per heavy atom. The summed E-state index contributed by atoms with van der Waals surface area (Å²) in [6.45, 7) is 11.6. The lowest BCUT2D eigenvalue weighted by atomic mass is 9.82. The van der Waals surface area contributed by atoms with E-state index in [4.69, 9.17) is 0 Å². The van der Waals surface area contributed by atoms with Crippen LogP contribution in [0.4, 0.5) is 0 Å². The second kappa shape index (κ2) is 16.3. The van der Waals surface area contributed by atoms with Gasteiger partial charge in [-0.15, -0.1) is 0 Å². The molecule has 268 valence electrons. The highest BCUT2D eigenvalue weighted by Crippen LogP contribution is 2.31. The second-order valence-electron chi connectivity index (χ2n) is 15.4. The fourth-order valence-electron chi connectivity index (χ4n) is 7.01. The molecule has 13 nitrogen and oxygen atoms in total. The highest BCUT2D eigenvalue weighted by atomic mass is 16.3. The number of rotatable bonds is 13. The third-order valence-corrected chi connectivity index (χ3v) is 9.96. The second-order valence-corrected chi connectivity index (χ2v) is 15.4. The van der Waals surface area contributed by atoms with Crippen molar-refractivity contribution in [1.82, 2.24) is 31.5 Å². The van der Waals surface area contributed by atoms with E-state index in [1.165, 1.54) is 11.1 Å². The average molecular weight is 672 g/mol. The van der Waals surface area contributed by atoms with E-state index in [0.717, 1.165) is 44.9 Å². The minimum atomic E-state index is -1.40. The molecule has 4 rings (SSSR count). The molecule has 13 heteroatoms. The first kappa shape index (κ1) is 37.3. The van der Waals surface area contributed by atoms with Gasteiger partial charge in [0.25, 0.3) is 11.8 Å². The first-order valence-electron chi connectivity index (χ1n) is 17.9. The van der Waals surface area contributed by atoms with Gasteiger partial charge in [0.15, 0.2) is 6.10 Å². The van der Waals surface area contributed by atoms with Gasteiger partial charge in [-0.2, -0.15) is 0 Å². The van der Waals surface area contributed by atoms with Crippen LogP contribution in [-0.2, 0) is 24.0 Å². The molecule has 48 heavy (non-hydrogen) atoms. The summed E-state index contributed by atoms with van der Waals surface area (Å²) in [7, 11) is 0. The zero-order valence-electron chi connectivity index (χ0n) is 29.5. The van der Waals surface area contributed by atoms with Crippen LogP contribution in [-0.4, -0.2) is 94.2 Å². The molecule has 6 N–H and O–H groups in total. The molecule has 2 aliphatic carbocycles. The van der Waals surface area contributed by atoms with E-state index in [2.05, 4.69) is 31.6 Å². The minimum absolute atomic E-state index is 0.0175. The molecule has 0 aromatic carbocycles. The first-order chi connectivity index (χ1) is 22.7. The third kappa shape index (κ3) is 9.57. The molecule has 2 unspecified atom stereocenters. The Kier molecular flexibility index (Phi) is 12.7. The molecule has 2 saturated carbocycles. The van der Waals surface area contributed by atoms with E-state index >= 15 is 0 Å². The van der Waals surface area contributed by atoms with Crippen LogP contribution in [0.2, 0.25) is 0 Å². The highest BCUT2D eigenvalue weighted by Gasteiger charge is 2.46. The first-order valence-corrected chi connectivity index (χ1v) is 17.9. The summed E-state index contributed by atoms with van der Waals surface area (Å²) in [6.07, 6.45) is 9.50. The van der Waals surface area contributed by atoms with E-state index in [1.807, 2.05) is 41.5 Å². The number of aliphatic hydroxyl groups excluding tert-OH is 1. The number of carbonyl (C=O) groups excluding carboxylic acids is 5. The number of amides is 5. The maximum absolute atomic E-state index is 14.4. The van der Waals surface area contributed by atoms with E-state index in [9.17, 15) is 29.1 Å². The number of likely N-dealkylation sites (tertiary alicyclic amines) is 1. The van der Waals surface area contributed by atoms with Crippen molar-refractivity contribution in [3.8, 4) is 0 Å². The molecule has 7 atom stereocenters. The van der Waals surface area contributed by atoms with Gasteiger partial charge in [0.2, 0.25) is 17.7 Å². The molecule has 3 fully saturated rings. The van der Waals surface area contributed by atoms with Crippen LogP contribution < -0.4 is 26.6 Å². The lowest BCUT2D eigenvalue weighted by molar-refractivity contribution is -0.145. The van der Waals surface area contributed by atoms with Crippen molar-refractivity contribution >= 4 is 35.2 Å². The molecular weight excluding hydrogens is 614 g/mol. The average Bonchev–Trinajstić information content (AvgIpc) is 3.78. The molecule has 1 saturated heterocycles. The Hall–Kier alpha value is -3.48. The van der Waals surface area contributed by atoms with Gasteiger partial charge >= 0.3 is 0 Å². The number of carbonyl (C=O) groups is 5. The summed E-state index contributed by atoms with van der Waals surface area (Å²) in [5, 5.41) is 25.5. The van der Waals surface area contributed by atoms with Crippen LogP contribution in [0.1, 0.15) is 106 Å². The molecular formula is C35H57N7O6. The van der Waals surface area contributed by atoms with Crippen molar-refractivity contribution < 1.29 is 29.1 Å². The summed E-state index contributed by atoms with van der Waals surface area (Å²) in [5.74, 6) is -2.25.